The summed E-state index contributed by atoms with van der Waals surface area (Å²) in [7, 11) is 3.31. The number of carbonyl (C=O) groups excluding carboxylic acids is 1. The zero-order chi connectivity index (χ0) is 26.6. The van der Waals surface area contributed by atoms with E-state index in [4.69, 9.17) is 9.47 Å². The summed E-state index contributed by atoms with van der Waals surface area (Å²) in [6, 6.07) is 9.48. The zero-order valence-corrected chi connectivity index (χ0v) is 22.3. The Morgan fingerprint density at radius 1 is 1.05 bits per heavy atom. The average molecular weight is 516 g/mol. The third kappa shape index (κ3) is 5.69. The molecule has 3 unspecified atom stereocenters. The van der Waals surface area contributed by atoms with Crippen molar-refractivity contribution >= 4 is 11.7 Å². The first-order chi connectivity index (χ1) is 17.8. The van der Waals surface area contributed by atoms with E-state index in [1.165, 1.54) is 11.6 Å². The topological polar surface area (TPSA) is 62.8 Å². The lowest BCUT2D eigenvalue weighted by atomic mass is 9.65. The summed E-state index contributed by atoms with van der Waals surface area (Å²) in [6.45, 7) is 6.56. The number of methoxy groups -OCH3 is 2. The molecule has 2 aromatic rings. The maximum absolute atomic E-state index is 13.6. The lowest BCUT2D eigenvalue weighted by Gasteiger charge is -2.46. The van der Waals surface area contributed by atoms with Crippen molar-refractivity contribution < 1.29 is 23.0 Å². The van der Waals surface area contributed by atoms with Gasteiger partial charge in [-0.3, -0.25) is 4.90 Å². The number of halogens is 2. The molecule has 2 fully saturated rings. The van der Waals surface area contributed by atoms with Gasteiger partial charge in [0.2, 0.25) is 0 Å². The van der Waals surface area contributed by atoms with Crippen LogP contribution in [0.2, 0.25) is 0 Å². The summed E-state index contributed by atoms with van der Waals surface area (Å²) in [4.78, 5) is 15.4. The van der Waals surface area contributed by atoms with Crippen LogP contribution < -0.4 is 20.1 Å². The molecular weight excluding hydrogens is 476 g/mol. The molecule has 2 aliphatic rings. The molecule has 8 heteroatoms. The van der Waals surface area contributed by atoms with Crippen molar-refractivity contribution in [3.63, 3.8) is 0 Å². The lowest BCUT2D eigenvalue weighted by Crippen LogP contribution is -2.53. The van der Waals surface area contributed by atoms with Gasteiger partial charge in [-0.05, 0) is 68.0 Å². The summed E-state index contributed by atoms with van der Waals surface area (Å²) in [5.74, 6) is 0.154. The second-order valence-corrected chi connectivity index (χ2v) is 10.4. The molecule has 1 aliphatic carbocycles. The SMILES string of the molecule is CCC(CC)CN1CCC2(c3ccc(OC)c(OC)c3)CCC(NC(=O)Nc3ccc(F)c(F)c3)CC12. The maximum Gasteiger partial charge on any atom is 0.319 e. The standard InChI is InChI=1S/C29H39F2N3O3/c1-5-19(6-2)18-34-14-13-29(20-7-10-25(36-3)26(15-20)37-4)12-11-22(17-27(29)34)33-28(35)32-21-8-9-23(30)24(31)16-21/h7-10,15-16,19,22,27H,5-6,11-14,17-18H2,1-4H3,(H2,32,33,35). The third-order valence-electron chi connectivity index (χ3n) is 8.49. The Balaban J connectivity index is 1.55. The fourth-order valence-corrected chi connectivity index (χ4v) is 6.28. The van der Waals surface area contributed by atoms with Crippen LogP contribution in [0.25, 0.3) is 0 Å². The van der Waals surface area contributed by atoms with Crippen LogP contribution in [-0.2, 0) is 5.41 Å². The summed E-state index contributed by atoms with van der Waals surface area (Å²) in [6.07, 6.45) is 5.92. The average Bonchev–Trinajstić information content (AvgIpc) is 3.27. The number of hydrogen-bond acceptors (Lipinski definition) is 4. The summed E-state index contributed by atoms with van der Waals surface area (Å²) in [5.41, 5.74) is 1.45. The van der Waals surface area contributed by atoms with Gasteiger partial charge < -0.3 is 20.1 Å². The van der Waals surface area contributed by atoms with E-state index >= 15 is 0 Å². The molecule has 2 aromatic carbocycles. The highest BCUT2D eigenvalue weighted by Gasteiger charge is 2.51. The first-order valence-corrected chi connectivity index (χ1v) is 13.3. The Morgan fingerprint density at radius 2 is 1.81 bits per heavy atom. The Labute approximate surface area is 218 Å². The van der Waals surface area contributed by atoms with Crippen LogP contribution in [-0.4, -0.2) is 50.3 Å². The number of amides is 2. The van der Waals surface area contributed by atoms with E-state index in [1.54, 1.807) is 14.2 Å². The third-order valence-corrected chi connectivity index (χ3v) is 8.49. The molecule has 4 rings (SSSR count). The molecule has 0 radical (unpaired) electrons. The summed E-state index contributed by atoms with van der Waals surface area (Å²) < 4.78 is 37.9. The van der Waals surface area contributed by atoms with Gasteiger partial charge in [0.25, 0.3) is 0 Å². The van der Waals surface area contributed by atoms with Crippen molar-refractivity contribution in [2.24, 2.45) is 5.92 Å². The molecule has 202 valence electrons. The highest BCUT2D eigenvalue weighted by molar-refractivity contribution is 5.89. The van der Waals surface area contributed by atoms with Crippen molar-refractivity contribution in [3.8, 4) is 11.5 Å². The number of urea groups is 1. The summed E-state index contributed by atoms with van der Waals surface area (Å²) in [5, 5.41) is 5.73. The van der Waals surface area contributed by atoms with E-state index in [9.17, 15) is 13.6 Å². The Kier molecular flexibility index (Phi) is 8.57. The van der Waals surface area contributed by atoms with E-state index in [0.29, 0.717) is 5.92 Å². The monoisotopic (exact) mass is 515 g/mol. The maximum atomic E-state index is 13.6. The molecule has 0 aromatic heterocycles. The van der Waals surface area contributed by atoms with Gasteiger partial charge in [-0.25, -0.2) is 13.6 Å². The molecule has 0 spiro atoms. The highest BCUT2D eigenvalue weighted by atomic mass is 19.2. The minimum Gasteiger partial charge on any atom is -0.493 e. The number of rotatable bonds is 9. The molecule has 1 heterocycles. The fourth-order valence-electron chi connectivity index (χ4n) is 6.28. The predicted octanol–water partition coefficient (Wildman–Crippen LogP) is 6.10. The predicted molar refractivity (Wildman–Crippen MR) is 141 cm³/mol. The van der Waals surface area contributed by atoms with Crippen molar-refractivity contribution in [1.82, 2.24) is 10.2 Å². The second-order valence-electron chi connectivity index (χ2n) is 10.4. The van der Waals surface area contributed by atoms with Gasteiger partial charge in [0.15, 0.2) is 23.1 Å². The number of hydrogen-bond donors (Lipinski definition) is 2. The van der Waals surface area contributed by atoms with Crippen molar-refractivity contribution in [1.29, 1.82) is 0 Å². The normalized spacial score (nSPS) is 23.5. The molecule has 37 heavy (non-hydrogen) atoms. The number of nitrogens with one attached hydrogen (secondary N) is 2. The Morgan fingerprint density at radius 3 is 2.49 bits per heavy atom. The second kappa shape index (κ2) is 11.7. The minimum atomic E-state index is -0.988. The molecular formula is C29H39F2N3O3. The minimum absolute atomic E-state index is 0.0223. The number of likely N-dealkylation sites (tertiary alicyclic amines) is 1. The van der Waals surface area contributed by atoms with Crippen LogP contribution in [0.1, 0.15) is 57.9 Å². The van der Waals surface area contributed by atoms with Crippen LogP contribution in [0, 0.1) is 17.6 Å². The largest absolute Gasteiger partial charge is 0.493 e. The van der Waals surface area contributed by atoms with Crippen LogP contribution in [0.15, 0.2) is 36.4 Å². The highest BCUT2D eigenvalue weighted by Crippen LogP contribution is 2.50. The van der Waals surface area contributed by atoms with Crippen LogP contribution in [0.3, 0.4) is 0 Å². The van der Waals surface area contributed by atoms with Crippen LogP contribution in [0.4, 0.5) is 19.3 Å². The van der Waals surface area contributed by atoms with Gasteiger partial charge >= 0.3 is 6.03 Å². The smallest absolute Gasteiger partial charge is 0.319 e. The molecule has 2 amide bonds. The van der Waals surface area contributed by atoms with Gasteiger partial charge in [-0.2, -0.15) is 0 Å². The van der Waals surface area contributed by atoms with Crippen LogP contribution >= 0.6 is 0 Å². The molecule has 3 atom stereocenters. The number of anilines is 1. The molecule has 1 aliphatic heterocycles. The zero-order valence-electron chi connectivity index (χ0n) is 22.3. The number of nitrogens with zero attached hydrogens (tertiary/aromatic N) is 1. The molecule has 1 saturated heterocycles. The van der Waals surface area contributed by atoms with E-state index in [-0.39, 0.29) is 23.2 Å². The van der Waals surface area contributed by atoms with E-state index in [2.05, 4.69) is 41.5 Å². The summed E-state index contributed by atoms with van der Waals surface area (Å²) >= 11 is 0. The molecule has 6 nitrogen and oxygen atoms in total. The Hall–Kier alpha value is -2.87. The van der Waals surface area contributed by atoms with Crippen molar-refractivity contribution in [2.45, 2.75) is 69.9 Å². The van der Waals surface area contributed by atoms with E-state index < -0.39 is 17.7 Å². The van der Waals surface area contributed by atoms with Crippen molar-refractivity contribution in [3.05, 3.63) is 53.6 Å². The molecule has 0 bridgehead atoms. The number of ether oxygens (including phenoxy) is 2. The van der Waals surface area contributed by atoms with Gasteiger partial charge in [0, 0.05) is 35.8 Å². The van der Waals surface area contributed by atoms with E-state index in [0.717, 1.165) is 75.2 Å². The lowest BCUT2D eigenvalue weighted by molar-refractivity contribution is 0.120. The first kappa shape index (κ1) is 27.2. The number of carbonyl (C=O) groups is 1. The molecule has 2 N–H and O–H groups in total. The Bertz CT molecular complexity index is 1090. The quantitative estimate of drug-likeness (QED) is 0.423. The number of fused-ring (bicyclic) bond motifs is 1. The van der Waals surface area contributed by atoms with Gasteiger partial charge in [0.05, 0.1) is 14.2 Å². The van der Waals surface area contributed by atoms with Crippen molar-refractivity contribution in [2.75, 3.05) is 32.6 Å². The van der Waals surface area contributed by atoms with E-state index in [1.807, 2.05) is 6.07 Å². The first-order valence-electron chi connectivity index (χ1n) is 13.3. The van der Waals surface area contributed by atoms with Gasteiger partial charge in [0.1, 0.15) is 0 Å². The van der Waals surface area contributed by atoms with Gasteiger partial charge in [-0.15, -0.1) is 0 Å². The van der Waals surface area contributed by atoms with Crippen LogP contribution in [0.5, 0.6) is 11.5 Å². The van der Waals surface area contributed by atoms with Gasteiger partial charge in [-0.1, -0.05) is 32.8 Å². The molecule has 1 saturated carbocycles. The fraction of sp³-hybridized carbons (Fsp3) is 0.552. The number of benzene rings is 2.